The van der Waals surface area contributed by atoms with Crippen molar-refractivity contribution in [3.8, 4) is 0 Å². The van der Waals surface area contributed by atoms with Gasteiger partial charge in [-0.25, -0.2) is 14.6 Å². The summed E-state index contributed by atoms with van der Waals surface area (Å²) in [6.45, 7) is 0.640. The third-order valence-corrected chi connectivity index (χ3v) is 2.63. The third kappa shape index (κ3) is 3.84. The van der Waals surface area contributed by atoms with Crippen LogP contribution in [0.4, 0.5) is 4.79 Å². The van der Waals surface area contributed by atoms with Gasteiger partial charge in [0.25, 0.3) is 0 Å². The van der Waals surface area contributed by atoms with Gasteiger partial charge in [0.1, 0.15) is 5.82 Å². The number of hydrogen-bond donors (Lipinski definition) is 4. The molecule has 0 atom stereocenters. The Labute approximate surface area is 115 Å². The fraction of sp³-hybridized carbons (Fsp3) is 0.154. The van der Waals surface area contributed by atoms with Crippen molar-refractivity contribution in [1.82, 2.24) is 20.6 Å². The molecule has 1 aromatic heterocycles. The van der Waals surface area contributed by atoms with E-state index in [9.17, 15) is 9.59 Å². The third-order valence-electron chi connectivity index (χ3n) is 2.63. The Morgan fingerprint density at radius 1 is 1.15 bits per heavy atom. The summed E-state index contributed by atoms with van der Waals surface area (Å²) in [4.78, 5) is 29.1. The highest BCUT2D eigenvalue weighted by Gasteiger charge is 2.04. The molecule has 2 amide bonds. The van der Waals surface area contributed by atoms with Gasteiger partial charge in [0.2, 0.25) is 0 Å². The van der Waals surface area contributed by atoms with Gasteiger partial charge in [-0.2, -0.15) is 0 Å². The number of carboxylic acids is 1. The van der Waals surface area contributed by atoms with Crippen molar-refractivity contribution in [2.75, 3.05) is 0 Å². The van der Waals surface area contributed by atoms with Crippen LogP contribution in [0.25, 0.3) is 0 Å². The molecular weight excluding hydrogens is 260 g/mol. The van der Waals surface area contributed by atoms with Gasteiger partial charge in [0.15, 0.2) is 0 Å². The van der Waals surface area contributed by atoms with E-state index in [0.717, 1.165) is 5.56 Å². The fourth-order valence-electron chi connectivity index (χ4n) is 1.57. The number of H-pyrrole nitrogens is 1. The fourth-order valence-corrected chi connectivity index (χ4v) is 1.57. The molecule has 0 aliphatic carbocycles. The Balaban J connectivity index is 1.76. The van der Waals surface area contributed by atoms with E-state index in [2.05, 4.69) is 20.6 Å². The highest BCUT2D eigenvalue weighted by molar-refractivity contribution is 5.87. The largest absolute Gasteiger partial charge is 0.478 e. The van der Waals surface area contributed by atoms with E-state index in [1.807, 2.05) is 0 Å². The van der Waals surface area contributed by atoms with E-state index in [4.69, 9.17) is 5.11 Å². The number of aromatic nitrogens is 2. The molecule has 20 heavy (non-hydrogen) atoms. The van der Waals surface area contributed by atoms with Gasteiger partial charge < -0.3 is 20.7 Å². The predicted octanol–water partition coefficient (Wildman–Crippen LogP) is 1.11. The second-order valence-electron chi connectivity index (χ2n) is 4.07. The monoisotopic (exact) mass is 274 g/mol. The number of carbonyl (C=O) groups excluding carboxylic acids is 1. The molecule has 1 heterocycles. The quantitative estimate of drug-likeness (QED) is 0.655. The molecule has 4 N–H and O–H groups in total. The Morgan fingerprint density at radius 2 is 1.85 bits per heavy atom. The molecule has 0 radical (unpaired) electrons. The second kappa shape index (κ2) is 6.37. The minimum absolute atomic E-state index is 0.219. The smallest absolute Gasteiger partial charge is 0.335 e. The Hall–Kier alpha value is -2.83. The summed E-state index contributed by atoms with van der Waals surface area (Å²) in [5.41, 5.74) is 1.04. The number of imidazole rings is 1. The van der Waals surface area contributed by atoms with Gasteiger partial charge in [-0.05, 0) is 17.7 Å². The average Bonchev–Trinajstić information content (AvgIpc) is 2.96. The normalized spacial score (nSPS) is 10.0. The maximum absolute atomic E-state index is 11.5. The van der Waals surface area contributed by atoms with E-state index in [1.165, 1.54) is 12.1 Å². The predicted molar refractivity (Wildman–Crippen MR) is 71.1 cm³/mol. The maximum atomic E-state index is 11.5. The first-order valence-electron chi connectivity index (χ1n) is 5.97. The zero-order valence-corrected chi connectivity index (χ0v) is 10.6. The van der Waals surface area contributed by atoms with Crippen LogP contribution in [0.15, 0.2) is 36.7 Å². The first-order chi connectivity index (χ1) is 9.65. The Morgan fingerprint density at radius 3 is 2.45 bits per heavy atom. The lowest BCUT2D eigenvalue weighted by atomic mass is 10.1. The van der Waals surface area contributed by atoms with Crippen LogP contribution in [-0.2, 0) is 13.1 Å². The molecule has 7 heteroatoms. The molecule has 2 aromatic rings. The summed E-state index contributed by atoms with van der Waals surface area (Å²) < 4.78 is 0. The van der Waals surface area contributed by atoms with Crippen LogP contribution >= 0.6 is 0 Å². The van der Waals surface area contributed by atoms with E-state index in [1.54, 1.807) is 24.5 Å². The van der Waals surface area contributed by atoms with Crippen LogP contribution in [-0.4, -0.2) is 27.1 Å². The number of aromatic amines is 1. The summed E-state index contributed by atoms with van der Waals surface area (Å²) >= 11 is 0. The highest BCUT2D eigenvalue weighted by atomic mass is 16.4. The number of carbonyl (C=O) groups is 2. The van der Waals surface area contributed by atoms with Gasteiger partial charge in [0.05, 0.1) is 12.1 Å². The lowest BCUT2D eigenvalue weighted by molar-refractivity contribution is 0.0697. The summed E-state index contributed by atoms with van der Waals surface area (Å²) in [7, 11) is 0. The Kier molecular flexibility index (Phi) is 4.33. The van der Waals surface area contributed by atoms with Crippen molar-refractivity contribution < 1.29 is 14.7 Å². The zero-order valence-electron chi connectivity index (χ0n) is 10.6. The second-order valence-corrected chi connectivity index (χ2v) is 4.07. The number of hydrogen-bond acceptors (Lipinski definition) is 3. The minimum Gasteiger partial charge on any atom is -0.478 e. The summed E-state index contributed by atoms with van der Waals surface area (Å²) in [6, 6.07) is 6.01. The van der Waals surface area contributed by atoms with Crippen molar-refractivity contribution in [2.45, 2.75) is 13.1 Å². The highest BCUT2D eigenvalue weighted by Crippen LogP contribution is 2.04. The number of nitrogens with zero attached hydrogens (tertiary/aromatic N) is 1. The summed E-state index contributed by atoms with van der Waals surface area (Å²) in [6.07, 6.45) is 3.29. The average molecular weight is 274 g/mol. The van der Waals surface area contributed by atoms with Crippen LogP contribution in [0.3, 0.4) is 0 Å². The minimum atomic E-state index is -0.972. The summed E-state index contributed by atoms with van der Waals surface area (Å²) in [5.74, 6) is -0.299. The van der Waals surface area contributed by atoms with E-state index in [0.29, 0.717) is 18.9 Å². The van der Waals surface area contributed by atoms with E-state index < -0.39 is 5.97 Å². The van der Waals surface area contributed by atoms with Crippen molar-refractivity contribution >= 4 is 12.0 Å². The van der Waals surface area contributed by atoms with Crippen molar-refractivity contribution in [1.29, 1.82) is 0 Å². The van der Waals surface area contributed by atoms with Crippen LogP contribution in [0, 0.1) is 0 Å². The van der Waals surface area contributed by atoms with Crippen molar-refractivity contribution in [3.05, 3.63) is 53.6 Å². The van der Waals surface area contributed by atoms with Gasteiger partial charge in [-0.3, -0.25) is 0 Å². The van der Waals surface area contributed by atoms with Crippen LogP contribution in [0.2, 0.25) is 0 Å². The van der Waals surface area contributed by atoms with Crippen molar-refractivity contribution in [3.63, 3.8) is 0 Å². The molecule has 0 fully saturated rings. The van der Waals surface area contributed by atoms with E-state index >= 15 is 0 Å². The number of nitrogens with one attached hydrogen (secondary N) is 3. The molecular formula is C13H14N4O3. The van der Waals surface area contributed by atoms with Gasteiger partial charge in [0, 0.05) is 18.9 Å². The molecule has 1 aromatic carbocycles. The molecule has 7 nitrogen and oxygen atoms in total. The lowest BCUT2D eigenvalue weighted by Crippen LogP contribution is -2.34. The molecule has 0 saturated heterocycles. The standard InChI is InChI=1S/C13H14N4O3/c18-12(19)10-3-1-9(2-4-10)7-16-13(20)17-8-11-14-5-6-15-11/h1-6H,7-8H2,(H,14,15)(H,18,19)(H2,16,17,20). The molecule has 0 aliphatic heterocycles. The summed E-state index contributed by atoms with van der Waals surface area (Å²) in [5, 5.41) is 14.1. The van der Waals surface area contributed by atoms with Crippen LogP contribution < -0.4 is 10.6 Å². The number of carboxylic acid groups (broad SMARTS) is 1. The first kappa shape index (κ1) is 13.6. The van der Waals surface area contributed by atoms with E-state index in [-0.39, 0.29) is 11.6 Å². The maximum Gasteiger partial charge on any atom is 0.335 e. The van der Waals surface area contributed by atoms with Crippen LogP contribution in [0.5, 0.6) is 0 Å². The van der Waals surface area contributed by atoms with Gasteiger partial charge >= 0.3 is 12.0 Å². The van der Waals surface area contributed by atoms with Gasteiger partial charge in [-0.1, -0.05) is 12.1 Å². The number of amides is 2. The molecule has 0 aliphatic rings. The SMILES string of the molecule is O=C(NCc1ccc(C(=O)O)cc1)NCc1ncc[nH]1. The first-order valence-corrected chi connectivity index (χ1v) is 5.97. The number of aromatic carboxylic acids is 1. The van der Waals surface area contributed by atoms with Gasteiger partial charge in [-0.15, -0.1) is 0 Å². The number of rotatable bonds is 5. The molecule has 104 valence electrons. The number of urea groups is 1. The number of benzene rings is 1. The Bertz CT molecular complexity index is 578. The zero-order chi connectivity index (χ0) is 14.4. The topological polar surface area (TPSA) is 107 Å². The van der Waals surface area contributed by atoms with Crippen LogP contribution in [0.1, 0.15) is 21.7 Å². The molecule has 2 rings (SSSR count). The molecule has 0 unspecified atom stereocenters. The van der Waals surface area contributed by atoms with Crippen molar-refractivity contribution in [2.24, 2.45) is 0 Å². The molecule has 0 saturated carbocycles. The molecule has 0 spiro atoms. The lowest BCUT2D eigenvalue weighted by Gasteiger charge is -2.06. The molecule has 0 bridgehead atoms.